The summed E-state index contributed by atoms with van der Waals surface area (Å²) in [6, 6.07) is 4.63. The molecule has 1 N–H and O–H groups in total. The summed E-state index contributed by atoms with van der Waals surface area (Å²) in [6.45, 7) is 1.73. The summed E-state index contributed by atoms with van der Waals surface area (Å²) >= 11 is 1.30. The highest BCUT2D eigenvalue weighted by Crippen LogP contribution is 2.19. The number of hydrogen-bond acceptors (Lipinski definition) is 5. The van der Waals surface area contributed by atoms with Crippen LogP contribution in [0.3, 0.4) is 0 Å². The molecule has 0 saturated heterocycles. The molecule has 0 aliphatic carbocycles. The third-order valence-electron chi connectivity index (χ3n) is 4.02. The molecule has 29 heavy (non-hydrogen) atoms. The number of unbranched alkanes of at least 4 members (excludes halogenated alkanes) is 1. The van der Waals surface area contributed by atoms with Crippen molar-refractivity contribution >= 4 is 17.3 Å². The van der Waals surface area contributed by atoms with Gasteiger partial charge in [-0.25, -0.2) is 14.2 Å². The Bertz CT molecular complexity index is 924. The van der Waals surface area contributed by atoms with Crippen LogP contribution in [0.2, 0.25) is 0 Å². The number of aromatic nitrogens is 1. The van der Waals surface area contributed by atoms with E-state index in [9.17, 15) is 9.18 Å². The molecule has 5 nitrogen and oxygen atoms in total. The van der Waals surface area contributed by atoms with E-state index < -0.39 is 11.8 Å². The molecule has 1 heterocycles. The zero-order valence-electron chi connectivity index (χ0n) is 16.3. The van der Waals surface area contributed by atoms with Crippen LogP contribution >= 0.6 is 11.3 Å². The Morgan fingerprint density at radius 1 is 1.41 bits per heavy atom. The van der Waals surface area contributed by atoms with Gasteiger partial charge in [-0.15, -0.1) is 23.7 Å². The predicted molar refractivity (Wildman–Crippen MR) is 112 cm³/mol. The summed E-state index contributed by atoms with van der Waals surface area (Å²) in [7, 11) is 1.97. The molecule has 1 aromatic carbocycles. The fourth-order valence-corrected chi connectivity index (χ4v) is 3.34. The molecule has 0 aliphatic rings. The second kappa shape index (κ2) is 11.9. The highest BCUT2D eigenvalue weighted by Gasteiger charge is 2.13. The standard InChI is InChI=1S/C22H23FN2O3S/c1-3-4-5-12-25(2)13-6-8-17-10-11-19(18(23)15-17)28-14-7-9-20-21(22(26)27)24-16-29-20/h1,10-11,15-16H,4-5,7,9,12-14H2,2H3,(H,26,27). The van der Waals surface area contributed by atoms with Crippen LogP contribution in [0.4, 0.5) is 4.39 Å². The minimum Gasteiger partial charge on any atom is -0.491 e. The van der Waals surface area contributed by atoms with E-state index in [2.05, 4.69) is 27.6 Å². The topological polar surface area (TPSA) is 62.7 Å². The minimum absolute atomic E-state index is 0.0748. The second-order valence-electron chi connectivity index (χ2n) is 6.37. The first-order valence-electron chi connectivity index (χ1n) is 9.20. The van der Waals surface area contributed by atoms with E-state index in [0.717, 1.165) is 19.4 Å². The summed E-state index contributed by atoms with van der Waals surface area (Å²) in [5.41, 5.74) is 2.17. The lowest BCUT2D eigenvalue weighted by Gasteiger charge is -2.11. The Morgan fingerprint density at radius 3 is 2.97 bits per heavy atom. The Morgan fingerprint density at radius 2 is 2.24 bits per heavy atom. The Labute approximate surface area is 174 Å². The van der Waals surface area contributed by atoms with Gasteiger partial charge < -0.3 is 9.84 Å². The molecule has 0 bridgehead atoms. The lowest BCUT2D eigenvalue weighted by molar-refractivity contribution is 0.0690. The van der Waals surface area contributed by atoms with Gasteiger partial charge in [0.15, 0.2) is 17.3 Å². The molecule has 0 radical (unpaired) electrons. The van der Waals surface area contributed by atoms with Crippen LogP contribution in [0.25, 0.3) is 0 Å². The van der Waals surface area contributed by atoms with Crippen LogP contribution in [-0.2, 0) is 6.42 Å². The summed E-state index contributed by atoms with van der Waals surface area (Å²) in [6.07, 6.45) is 7.99. The van der Waals surface area contributed by atoms with Crippen molar-refractivity contribution < 1.29 is 19.0 Å². The minimum atomic E-state index is -1.04. The highest BCUT2D eigenvalue weighted by atomic mass is 32.1. The van der Waals surface area contributed by atoms with Gasteiger partial charge in [-0.1, -0.05) is 11.8 Å². The number of carboxylic acids is 1. The number of halogens is 1. The Kier molecular flexibility index (Phi) is 9.17. The number of rotatable bonds is 10. The molecule has 152 valence electrons. The van der Waals surface area contributed by atoms with Crippen molar-refractivity contribution in [2.45, 2.75) is 25.7 Å². The molecule has 0 aliphatic heterocycles. The van der Waals surface area contributed by atoms with Gasteiger partial charge in [-0.2, -0.15) is 0 Å². The smallest absolute Gasteiger partial charge is 0.355 e. The van der Waals surface area contributed by atoms with Gasteiger partial charge in [0.05, 0.1) is 18.7 Å². The first kappa shape index (κ1) is 22.4. The van der Waals surface area contributed by atoms with Crippen LogP contribution in [0.1, 0.15) is 40.2 Å². The van der Waals surface area contributed by atoms with Crippen molar-refractivity contribution in [1.82, 2.24) is 9.88 Å². The first-order chi connectivity index (χ1) is 14.0. The van der Waals surface area contributed by atoms with Gasteiger partial charge in [-0.3, -0.25) is 4.90 Å². The molecule has 7 heteroatoms. The summed E-state index contributed by atoms with van der Waals surface area (Å²) in [5, 5.41) is 9.03. The number of hydrogen-bond donors (Lipinski definition) is 1. The van der Waals surface area contributed by atoms with Gasteiger partial charge in [0.2, 0.25) is 0 Å². The molecular weight excluding hydrogens is 391 g/mol. The Hall–Kier alpha value is -2.87. The SMILES string of the molecule is C#CCCCN(C)CC#Cc1ccc(OCCCc2scnc2C(=O)O)c(F)c1. The first-order valence-corrected chi connectivity index (χ1v) is 10.1. The zero-order valence-corrected chi connectivity index (χ0v) is 17.1. The number of carboxylic acid groups (broad SMARTS) is 1. The lowest BCUT2D eigenvalue weighted by atomic mass is 10.2. The number of aryl methyl sites for hydroxylation is 1. The average molecular weight is 415 g/mol. The number of benzene rings is 1. The Balaban J connectivity index is 1.79. The third-order valence-corrected chi connectivity index (χ3v) is 4.92. The van der Waals surface area contributed by atoms with Crippen molar-refractivity contribution in [2.75, 3.05) is 26.7 Å². The average Bonchev–Trinajstić information content (AvgIpc) is 3.16. The monoisotopic (exact) mass is 414 g/mol. The van der Waals surface area contributed by atoms with E-state index in [1.165, 1.54) is 22.9 Å². The van der Waals surface area contributed by atoms with E-state index in [0.29, 0.717) is 29.8 Å². The van der Waals surface area contributed by atoms with Gasteiger partial charge in [-0.05, 0) is 51.1 Å². The quantitative estimate of drug-likeness (QED) is 0.475. The van der Waals surface area contributed by atoms with Gasteiger partial charge in [0, 0.05) is 16.9 Å². The number of thiazole rings is 1. The van der Waals surface area contributed by atoms with Crippen molar-refractivity contribution in [3.8, 4) is 29.9 Å². The van der Waals surface area contributed by atoms with Crippen molar-refractivity contribution in [3.63, 3.8) is 0 Å². The summed E-state index contributed by atoms with van der Waals surface area (Å²) < 4.78 is 19.7. The fourth-order valence-electron chi connectivity index (χ4n) is 2.54. The highest BCUT2D eigenvalue weighted by molar-refractivity contribution is 7.09. The van der Waals surface area contributed by atoms with Gasteiger partial charge in [0.1, 0.15) is 0 Å². The summed E-state index contributed by atoms with van der Waals surface area (Å²) in [4.78, 5) is 17.6. The second-order valence-corrected chi connectivity index (χ2v) is 7.31. The third kappa shape index (κ3) is 7.57. The summed E-state index contributed by atoms with van der Waals surface area (Å²) in [5.74, 6) is 7.23. The van der Waals surface area contributed by atoms with Crippen LogP contribution in [0.15, 0.2) is 23.7 Å². The molecule has 2 aromatic rings. The van der Waals surface area contributed by atoms with Gasteiger partial charge >= 0.3 is 5.97 Å². The zero-order chi connectivity index (χ0) is 21.1. The molecule has 0 spiro atoms. The maximum Gasteiger partial charge on any atom is 0.355 e. The lowest BCUT2D eigenvalue weighted by Crippen LogP contribution is -2.19. The number of ether oxygens (including phenoxy) is 1. The van der Waals surface area contributed by atoms with Crippen LogP contribution in [0, 0.1) is 30.0 Å². The molecule has 0 fully saturated rings. The number of aromatic carboxylic acids is 1. The number of terminal acetylenes is 1. The van der Waals surface area contributed by atoms with E-state index in [1.807, 2.05) is 7.05 Å². The molecule has 1 aromatic heterocycles. The molecule has 0 amide bonds. The van der Waals surface area contributed by atoms with Crippen LogP contribution in [0.5, 0.6) is 5.75 Å². The maximum atomic E-state index is 14.2. The van der Waals surface area contributed by atoms with E-state index in [-0.39, 0.29) is 18.1 Å². The number of nitrogens with zero attached hydrogens (tertiary/aromatic N) is 2. The maximum absolute atomic E-state index is 14.2. The van der Waals surface area contributed by atoms with Crippen molar-refractivity contribution in [1.29, 1.82) is 0 Å². The van der Waals surface area contributed by atoms with Crippen LogP contribution < -0.4 is 4.74 Å². The van der Waals surface area contributed by atoms with E-state index in [4.69, 9.17) is 16.3 Å². The van der Waals surface area contributed by atoms with Crippen molar-refractivity contribution in [2.24, 2.45) is 0 Å². The molecular formula is C22H23FN2O3S. The fraction of sp³-hybridized carbons (Fsp3) is 0.364. The van der Waals surface area contributed by atoms with Crippen LogP contribution in [-0.4, -0.2) is 47.7 Å². The van der Waals surface area contributed by atoms with E-state index in [1.54, 1.807) is 12.1 Å². The van der Waals surface area contributed by atoms with Gasteiger partial charge in [0.25, 0.3) is 0 Å². The normalized spacial score (nSPS) is 10.3. The van der Waals surface area contributed by atoms with Crippen molar-refractivity contribution in [3.05, 3.63) is 45.7 Å². The molecule has 0 atom stereocenters. The van der Waals surface area contributed by atoms with E-state index >= 15 is 0 Å². The number of carbonyl (C=O) groups is 1. The molecule has 2 rings (SSSR count). The largest absolute Gasteiger partial charge is 0.491 e. The molecule has 0 saturated carbocycles. The predicted octanol–water partition coefficient (Wildman–Crippen LogP) is 3.69. The molecule has 0 unspecified atom stereocenters.